The van der Waals surface area contributed by atoms with Gasteiger partial charge in [0.15, 0.2) is 0 Å². The number of aryl methyl sites for hydroxylation is 2. The van der Waals surface area contributed by atoms with E-state index in [0.29, 0.717) is 12.1 Å². The molecule has 5 nitrogen and oxygen atoms in total. The average Bonchev–Trinajstić information content (AvgIpc) is 3.17. The van der Waals surface area contributed by atoms with E-state index in [4.69, 9.17) is 4.74 Å². The number of hydrogen-bond acceptors (Lipinski definition) is 4. The van der Waals surface area contributed by atoms with E-state index in [1.54, 1.807) is 17.7 Å². The molecule has 0 unspecified atom stereocenters. The first kappa shape index (κ1) is 23.5. The molecule has 1 heterocycles. The van der Waals surface area contributed by atoms with Crippen LogP contribution in [-0.2, 0) is 6.42 Å². The smallest absolute Gasteiger partial charge is 0.312 e. The van der Waals surface area contributed by atoms with Crippen LogP contribution in [0.2, 0.25) is 0 Å². The fourth-order valence-electron chi connectivity index (χ4n) is 3.98. The van der Waals surface area contributed by atoms with Crippen molar-refractivity contribution in [1.82, 2.24) is 9.88 Å². The highest BCUT2D eigenvalue weighted by Crippen LogP contribution is 2.29. The van der Waals surface area contributed by atoms with Gasteiger partial charge in [0.25, 0.3) is 5.91 Å². The molecule has 0 aliphatic heterocycles. The van der Waals surface area contributed by atoms with Gasteiger partial charge in [-0.1, -0.05) is 53.8 Å². The van der Waals surface area contributed by atoms with Crippen molar-refractivity contribution in [2.24, 2.45) is 0 Å². The predicted molar refractivity (Wildman–Crippen MR) is 138 cm³/mol. The topological polar surface area (TPSA) is 60.3 Å². The lowest BCUT2D eigenvalue weighted by molar-refractivity contribution is 0.0953. The number of nitrogens with zero attached hydrogens (tertiary/aromatic N) is 1. The maximum absolute atomic E-state index is 12.8. The molecule has 3 aromatic carbocycles. The molecule has 0 bridgehead atoms. The second-order valence-electron chi connectivity index (χ2n) is 8.09. The van der Waals surface area contributed by atoms with E-state index >= 15 is 0 Å². The third-order valence-corrected chi connectivity index (χ3v) is 6.59. The Kier molecular flexibility index (Phi) is 7.60. The lowest BCUT2D eigenvalue weighted by Gasteiger charge is -2.11. The third-order valence-electron chi connectivity index (χ3n) is 5.73. The summed E-state index contributed by atoms with van der Waals surface area (Å²) in [6.07, 6.45) is 2.94. The molecule has 174 valence electrons. The summed E-state index contributed by atoms with van der Waals surface area (Å²) in [5, 5.41) is 3.02. The molecular weight excluding hydrogens is 444 g/mol. The molecule has 0 spiro atoms. The molecule has 0 saturated carbocycles. The quantitative estimate of drug-likeness (QED) is 0.321. The van der Waals surface area contributed by atoms with Crippen LogP contribution < -0.4 is 14.9 Å². The summed E-state index contributed by atoms with van der Waals surface area (Å²) >= 11 is 1.20. The van der Waals surface area contributed by atoms with Crippen molar-refractivity contribution in [3.8, 4) is 22.7 Å². The van der Waals surface area contributed by atoms with Crippen LogP contribution in [0.15, 0.2) is 83.7 Å². The number of benzene rings is 3. The van der Waals surface area contributed by atoms with Crippen LogP contribution in [0.5, 0.6) is 5.75 Å². The van der Waals surface area contributed by atoms with Crippen LogP contribution in [0.1, 0.15) is 33.6 Å². The molecule has 6 heteroatoms. The second-order valence-corrected chi connectivity index (χ2v) is 9.25. The maximum Gasteiger partial charge on any atom is 0.312 e. The normalized spacial score (nSPS) is 10.8. The fourth-order valence-corrected chi connectivity index (χ4v) is 4.84. The molecule has 0 radical (unpaired) electrons. The van der Waals surface area contributed by atoms with Crippen molar-refractivity contribution in [2.45, 2.75) is 26.2 Å². The number of unbranched alkanes of at least 4 members (excludes halogenated alkanes) is 1. The number of aromatic nitrogens is 1. The summed E-state index contributed by atoms with van der Waals surface area (Å²) in [5.41, 5.74) is 4.30. The largest absolute Gasteiger partial charge is 0.497 e. The molecule has 1 aromatic heterocycles. The van der Waals surface area contributed by atoms with Crippen LogP contribution in [0.25, 0.3) is 16.9 Å². The zero-order valence-electron chi connectivity index (χ0n) is 19.4. The average molecular weight is 473 g/mol. The lowest BCUT2D eigenvalue weighted by atomic mass is 10.1. The summed E-state index contributed by atoms with van der Waals surface area (Å²) in [5.74, 6) is 0.625. The van der Waals surface area contributed by atoms with Crippen LogP contribution in [0, 0.1) is 6.92 Å². The van der Waals surface area contributed by atoms with E-state index in [-0.39, 0.29) is 10.8 Å². The van der Waals surface area contributed by atoms with Gasteiger partial charge in [-0.2, -0.15) is 0 Å². The van der Waals surface area contributed by atoms with Gasteiger partial charge in [-0.25, -0.2) is 0 Å². The molecule has 0 fully saturated rings. The standard InChI is InChI=1S/C28H28N2O3S/c1-20-26(30(28(32)34-20)24-14-16-25(33-2)17-15-24)22-12-8-13-23(19-22)27(31)29-18-7-6-11-21-9-4-3-5-10-21/h3-5,8-10,12-17,19H,6-7,11,18H2,1-2H3,(H,29,31). The van der Waals surface area contributed by atoms with E-state index in [0.717, 1.165) is 46.8 Å². The van der Waals surface area contributed by atoms with Crippen LogP contribution >= 0.6 is 11.3 Å². The molecule has 1 N–H and O–H groups in total. The molecule has 4 rings (SSSR count). The van der Waals surface area contributed by atoms with Gasteiger partial charge in [0.2, 0.25) is 0 Å². The molecule has 4 aromatic rings. The number of hydrogen-bond donors (Lipinski definition) is 1. The molecule has 1 amide bonds. The van der Waals surface area contributed by atoms with E-state index < -0.39 is 0 Å². The van der Waals surface area contributed by atoms with Gasteiger partial charge in [0.1, 0.15) is 5.75 Å². The minimum absolute atomic E-state index is 0.0639. The van der Waals surface area contributed by atoms with Gasteiger partial charge in [0, 0.05) is 22.5 Å². The maximum atomic E-state index is 12.8. The van der Waals surface area contributed by atoms with Crippen molar-refractivity contribution < 1.29 is 9.53 Å². The van der Waals surface area contributed by atoms with Gasteiger partial charge in [-0.15, -0.1) is 0 Å². The third kappa shape index (κ3) is 5.46. The Morgan fingerprint density at radius 1 is 0.971 bits per heavy atom. The van der Waals surface area contributed by atoms with Crippen molar-refractivity contribution >= 4 is 17.2 Å². The first-order valence-electron chi connectivity index (χ1n) is 11.4. The summed E-state index contributed by atoms with van der Waals surface area (Å²) in [6, 6.07) is 25.2. The molecule has 0 atom stereocenters. The molecule has 0 aliphatic carbocycles. The number of methoxy groups -OCH3 is 1. The molecular formula is C28H28N2O3S. The van der Waals surface area contributed by atoms with Gasteiger partial charge in [-0.05, 0) is 68.1 Å². The molecule has 0 aliphatic rings. The predicted octanol–water partition coefficient (Wildman–Crippen LogP) is 5.64. The Hall–Kier alpha value is -3.64. The van der Waals surface area contributed by atoms with E-state index in [1.165, 1.54) is 16.9 Å². The van der Waals surface area contributed by atoms with Crippen molar-refractivity contribution in [3.63, 3.8) is 0 Å². The lowest BCUT2D eigenvalue weighted by Crippen LogP contribution is -2.24. The fraction of sp³-hybridized carbons (Fsp3) is 0.214. The Morgan fingerprint density at radius 2 is 1.74 bits per heavy atom. The van der Waals surface area contributed by atoms with Gasteiger partial charge in [-0.3, -0.25) is 14.2 Å². The minimum Gasteiger partial charge on any atom is -0.497 e. The highest BCUT2D eigenvalue weighted by molar-refractivity contribution is 7.09. The zero-order chi connectivity index (χ0) is 23.9. The van der Waals surface area contributed by atoms with E-state index in [2.05, 4.69) is 17.4 Å². The highest BCUT2D eigenvalue weighted by atomic mass is 32.1. The van der Waals surface area contributed by atoms with E-state index in [1.807, 2.05) is 67.6 Å². The number of amides is 1. The second kappa shape index (κ2) is 11.0. The minimum atomic E-state index is -0.104. The number of thiazole rings is 1. The highest BCUT2D eigenvalue weighted by Gasteiger charge is 2.17. The molecule has 34 heavy (non-hydrogen) atoms. The van der Waals surface area contributed by atoms with Gasteiger partial charge >= 0.3 is 4.87 Å². The van der Waals surface area contributed by atoms with Crippen molar-refractivity contribution in [1.29, 1.82) is 0 Å². The van der Waals surface area contributed by atoms with Crippen LogP contribution in [0.4, 0.5) is 0 Å². The van der Waals surface area contributed by atoms with Gasteiger partial charge < -0.3 is 10.1 Å². The Labute approximate surface area is 203 Å². The summed E-state index contributed by atoms with van der Waals surface area (Å²) in [6.45, 7) is 2.56. The molecule has 0 saturated heterocycles. The van der Waals surface area contributed by atoms with E-state index in [9.17, 15) is 9.59 Å². The summed E-state index contributed by atoms with van der Waals surface area (Å²) in [7, 11) is 1.61. The van der Waals surface area contributed by atoms with Crippen LogP contribution in [0.3, 0.4) is 0 Å². The number of nitrogens with one attached hydrogen (secondary N) is 1. The Morgan fingerprint density at radius 3 is 2.47 bits per heavy atom. The van der Waals surface area contributed by atoms with Crippen molar-refractivity contribution in [3.05, 3.63) is 105 Å². The SMILES string of the molecule is COc1ccc(-n2c(-c3cccc(C(=O)NCCCCc4ccccc4)c3)c(C)sc2=O)cc1. The van der Waals surface area contributed by atoms with Crippen molar-refractivity contribution in [2.75, 3.05) is 13.7 Å². The number of rotatable bonds is 9. The first-order chi connectivity index (χ1) is 16.6. The summed E-state index contributed by atoms with van der Waals surface area (Å²) < 4.78 is 6.93. The van der Waals surface area contributed by atoms with Crippen LogP contribution in [-0.4, -0.2) is 24.1 Å². The Bertz CT molecular complexity index is 1310. The zero-order valence-corrected chi connectivity index (χ0v) is 20.2. The number of carbonyl (C=O) groups excluding carboxylic acids is 1. The Balaban J connectivity index is 1.47. The number of ether oxygens (including phenoxy) is 1. The monoisotopic (exact) mass is 472 g/mol. The van der Waals surface area contributed by atoms with Gasteiger partial charge in [0.05, 0.1) is 18.5 Å². The number of carbonyl (C=O) groups is 1. The summed E-state index contributed by atoms with van der Waals surface area (Å²) in [4.78, 5) is 26.4. The first-order valence-corrected chi connectivity index (χ1v) is 12.2.